The monoisotopic (exact) mass is 398 g/mol. The minimum absolute atomic E-state index is 0.173. The molecule has 1 N–H and O–H groups in total. The molecule has 0 aliphatic carbocycles. The van der Waals surface area contributed by atoms with Crippen molar-refractivity contribution in [1.82, 2.24) is 0 Å². The van der Waals surface area contributed by atoms with E-state index in [1.807, 2.05) is 18.2 Å². The van der Waals surface area contributed by atoms with Gasteiger partial charge in [-0.25, -0.2) is 12.8 Å². The summed E-state index contributed by atoms with van der Waals surface area (Å²) in [5.74, 6) is -0.287. The number of benzene rings is 3. The van der Waals surface area contributed by atoms with Crippen LogP contribution in [0.25, 0.3) is 21.9 Å². The second-order valence-electron chi connectivity index (χ2n) is 6.13. The molecule has 0 saturated heterocycles. The second-order valence-corrected chi connectivity index (χ2v) is 9.19. The van der Waals surface area contributed by atoms with Crippen molar-refractivity contribution in [1.29, 1.82) is 0 Å². The fraction of sp³-hybridized carbons (Fsp3) is 0.0476. The topological polar surface area (TPSA) is 54.4 Å². The van der Waals surface area contributed by atoms with E-state index in [2.05, 4.69) is 0 Å². The standard InChI is InChI=1S/C21H15FO3S2/c22-19-6-3-14(4-7-19)15-1-2-17-12-20(8-5-16(17)11-15)27(24,25)21-18(13-23)9-10-26-21/h1-12,23H,13H2. The van der Waals surface area contributed by atoms with Gasteiger partial charge in [0.1, 0.15) is 10.0 Å². The lowest BCUT2D eigenvalue weighted by molar-refractivity contribution is 0.279. The number of sulfone groups is 1. The second kappa shape index (κ2) is 6.88. The highest BCUT2D eigenvalue weighted by atomic mass is 32.2. The molecule has 0 saturated carbocycles. The van der Waals surface area contributed by atoms with Crippen LogP contribution in [-0.4, -0.2) is 13.5 Å². The van der Waals surface area contributed by atoms with Gasteiger partial charge < -0.3 is 5.11 Å². The van der Waals surface area contributed by atoms with E-state index in [9.17, 15) is 17.9 Å². The fourth-order valence-electron chi connectivity index (χ4n) is 2.99. The van der Waals surface area contributed by atoms with Crippen molar-refractivity contribution in [2.24, 2.45) is 0 Å². The molecule has 0 bridgehead atoms. The van der Waals surface area contributed by atoms with Gasteiger partial charge in [0.2, 0.25) is 9.84 Å². The SMILES string of the molecule is O=S(=O)(c1ccc2cc(-c3ccc(F)cc3)ccc2c1)c1sccc1CO. The molecule has 0 atom stereocenters. The van der Waals surface area contributed by atoms with Crippen molar-refractivity contribution in [2.75, 3.05) is 0 Å². The average molecular weight is 398 g/mol. The van der Waals surface area contributed by atoms with Gasteiger partial charge in [-0.3, -0.25) is 0 Å². The summed E-state index contributed by atoms with van der Waals surface area (Å²) in [4.78, 5) is 0.196. The average Bonchev–Trinajstić information content (AvgIpc) is 3.17. The Morgan fingerprint density at radius 1 is 0.852 bits per heavy atom. The highest BCUT2D eigenvalue weighted by Crippen LogP contribution is 2.32. The zero-order valence-electron chi connectivity index (χ0n) is 14.1. The molecule has 27 heavy (non-hydrogen) atoms. The van der Waals surface area contributed by atoms with Crippen molar-refractivity contribution in [3.8, 4) is 11.1 Å². The van der Waals surface area contributed by atoms with Gasteiger partial charge in [-0.05, 0) is 63.7 Å². The van der Waals surface area contributed by atoms with E-state index in [1.165, 1.54) is 12.1 Å². The highest BCUT2D eigenvalue weighted by molar-refractivity contribution is 7.93. The molecule has 0 spiro atoms. The molecule has 0 radical (unpaired) electrons. The van der Waals surface area contributed by atoms with Crippen LogP contribution in [0.3, 0.4) is 0 Å². The zero-order valence-corrected chi connectivity index (χ0v) is 15.7. The smallest absolute Gasteiger partial charge is 0.216 e. The van der Waals surface area contributed by atoms with Crippen molar-refractivity contribution < 1.29 is 17.9 Å². The third-order valence-corrected chi connectivity index (χ3v) is 7.74. The zero-order chi connectivity index (χ0) is 19.0. The van der Waals surface area contributed by atoms with E-state index in [1.54, 1.807) is 41.8 Å². The van der Waals surface area contributed by atoms with E-state index in [4.69, 9.17) is 0 Å². The molecular weight excluding hydrogens is 383 g/mol. The number of hydrogen-bond acceptors (Lipinski definition) is 4. The van der Waals surface area contributed by atoms with Gasteiger partial charge in [0, 0.05) is 5.56 Å². The maximum Gasteiger partial charge on any atom is 0.216 e. The molecule has 0 aliphatic rings. The van der Waals surface area contributed by atoms with Crippen LogP contribution in [0, 0.1) is 5.82 Å². The number of thiophene rings is 1. The number of hydrogen-bond donors (Lipinski definition) is 1. The van der Waals surface area contributed by atoms with Gasteiger partial charge in [-0.2, -0.15) is 0 Å². The third-order valence-electron chi connectivity index (χ3n) is 4.42. The molecule has 3 nitrogen and oxygen atoms in total. The molecule has 1 heterocycles. The molecule has 136 valence electrons. The van der Waals surface area contributed by atoms with Crippen LogP contribution in [0.1, 0.15) is 5.56 Å². The Labute approximate surface area is 160 Å². The minimum Gasteiger partial charge on any atom is -0.392 e. The van der Waals surface area contributed by atoms with Crippen LogP contribution >= 0.6 is 11.3 Å². The Bertz CT molecular complexity index is 1230. The van der Waals surface area contributed by atoms with Crippen LogP contribution in [0.4, 0.5) is 4.39 Å². The molecule has 1 aromatic heterocycles. The lowest BCUT2D eigenvalue weighted by Crippen LogP contribution is -2.02. The lowest BCUT2D eigenvalue weighted by Gasteiger charge is -2.08. The summed E-state index contributed by atoms with van der Waals surface area (Å²) in [5.41, 5.74) is 2.23. The first-order chi connectivity index (χ1) is 13.0. The van der Waals surface area contributed by atoms with Crippen molar-refractivity contribution in [2.45, 2.75) is 15.7 Å². The maximum absolute atomic E-state index is 13.1. The molecule has 0 aliphatic heterocycles. The summed E-state index contributed by atoms with van der Waals surface area (Å²) in [6, 6.07) is 18.5. The van der Waals surface area contributed by atoms with Crippen molar-refractivity contribution in [3.05, 3.63) is 83.5 Å². The molecule has 4 aromatic rings. The molecule has 3 aromatic carbocycles. The molecule has 0 fully saturated rings. The van der Waals surface area contributed by atoms with Gasteiger partial charge in [0.25, 0.3) is 0 Å². The lowest BCUT2D eigenvalue weighted by atomic mass is 10.0. The summed E-state index contributed by atoms with van der Waals surface area (Å²) in [7, 11) is -3.68. The molecule has 0 amide bonds. The van der Waals surface area contributed by atoms with Crippen LogP contribution in [0.15, 0.2) is 81.2 Å². The maximum atomic E-state index is 13.1. The van der Waals surface area contributed by atoms with Gasteiger partial charge in [0.15, 0.2) is 0 Å². The number of halogens is 1. The third kappa shape index (κ3) is 3.27. The van der Waals surface area contributed by atoms with Crippen molar-refractivity contribution in [3.63, 3.8) is 0 Å². The number of aliphatic hydroxyl groups excluding tert-OH is 1. The predicted molar refractivity (Wildman–Crippen MR) is 105 cm³/mol. The van der Waals surface area contributed by atoms with Crippen LogP contribution in [0.2, 0.25) is 0 Å². The Kier molecular flexibility index (Phi) is 4.55. The van der Waals surface area contributed by atoms with Gasteiger partial charge in [-0.15, -0.1) is 11.3 Å². The summed E-state index contributed by atoms with van der Waals surface area (Å²) >= 11 is 1.10. The van der Waals surface area contributed by atoms with E-state index in [0.717, 1.165) is 33.2 Å². The van der Waals surface area contributed by atoms with E-state index < -0.39 is 9.84 Å². The largest absolute Gasteiger partial charge is 0.392 e. The van der Waals surface area contributed by atoms with E-state index >= 15 is 0 Å². The molecule has 6 heteroatoms. The van der Waals surface area contributed by atoms with Crippen molar-refractivity contribution >= 4 is 31.9 Å². The quantitative estimate of drug-likeness (QED) is 0.524. The van der Waals surface area contributed by atoms with E-state index in [0.29, 0.717) is 5.56 Å². The summed E-state index contributed by atoms with van der Waals surface area (Å²) in [6.45, 7) is -0.313. The van der Waals surface area contributed by atoms with Crippen LogP contribution in [0.5, 0.6) is 0 Å². The fourth-order valence-corrected chi connectivity index (χ4v) is 5.82. The first-order valence-electron chi connectivity index (χ1n) is 8.21. The predicted octanol–water partition coefficient (Wildman–Crippen LogP) is 5.03. The van der Waals surface area contributed by atoms with Crippen LogP contribution < -0.4 is 0 Å². The molecule has 0 unspecified atom stereocenters. The van der Waals surface area contributed by atoms with Gasteiger partial charge >= 0.3 is 0 Å². The Morgan fingerprint density at radius 2 is 1.52 bits per heavy atom. The molecule has 4 rings (SSSR count). The summed E-state index contributed by atoms with van der Waals surface area (Å²) < 4.78 is 39.1. The Morgan fingerprint density at radius 3 is 2.26 bits per heavy atom. The Balaban J connectivity index is 1.77. The van der Waals surface area contributed by atoms with Gasteiger partial charge in [0.05, 0.1) is 11.5 Å². The summed E-state index contributed by atoms with van der Waals surface area (Å²) in [5, 5.41) is 12.7. The highest BCUT2D eigenvalue weighted by Gasteiger charge is 2.22. The van der Waals surface area contributed by atoms with Gasteiger partial charge in [-0.1, -0.05) is 30.3 Å². The first kappa shape index (κ1) is 17.9. The van der Waals surface area contributed by atoms with E-state index in [-0.39, 0.29) is 21.5 Å². The molecular formula is C21H15FO3S2. The first-order valence-corrected chi connectivity index (χ1v) is 10.6. The summed E-state index contributed by atoms with van der Waals surface area (Å²) in [6.07, 6.45) is 0. The Hall–Kier alpha value is -2.54. The minimum atomic E-state index is -3.68. The number of fused-ring (bicyclic) bond motifs is 1. The van der Waals surface area contributed by atoms with Crippen LogP contribution in [-0.2, 0) is 16.4 Å². The normalized spacial score (nSPS) is 11.8. The number of rotatable bonds is 4. The number of aliphatic hydroxyl groups is 1.